The molecule has 2 heterocycles. The highest BCUT2D eigenvalue weighted by molar-refractivity contribution is 6.33. The van der Waals surface area contributed by atoms with E-state index < -0.39 is 0 Å². The minimum Gasteiger partial charge on any atom is -0.369 e. The standard InChI is InChI=1S/C11H7ClFN5/c12-9-8-10(16-5-15-9)17-11(14)18(8)7-3-1-2-6(13)4-7/h1-5H,(H2,14,15,16,17). The van der Waals surface area contributed by atoms with Gasteiger partial charge in [0, 0.05) is 0 Å². The first-order valence-corrected chi connectivity index (χ1v) is 5.45. The molecule has 0 saturated carbocycles. The van der Waals surface area contributed by atoms with Crippen LogP contribution in [0, 0.1) is 5.82 Å². The molecule has 0 saturated heterocycles. The number of halogens is 2. The summed E-state index contributed by atoms with van der Waals surface area (Å²) in [6.07, 6.45) is 1.30. The van der Waals surface area contributed by atoms with Crippen LogP contribution in [0.2, 0.25) is 5.15 Å². The number of hydrogen-bond acceptors (Lipinski definition) is 4. The second-order valence-corrected chi connectivity index (χ2v) is 3.98. The smallest absolute Gasteiger partial charge is 0.207 e. The lowest BCUT2D eigenvalue weighted by Crippen LogP contribution is -2.01. The summed E-state index contributed by atoms with van der Waals surface area (Å²) in [5, 5.41) is 0.216. The summed E-state index contributed by atoms with van der Waals surface area (Å²) in [7, 11) is 0. The Bertz CT molecular complexity index is 739. The maximum absolute atomic E-state index is 13.3. The highest BCUT2D eigenvalue weighted by Crippen LogP contribution is 2.26. The Morgan fingerprint density at radius 2 is 2.11 bits per heavy atom. The van der Waals surface area contributed by atoms with Gasteiger partial charge >= 0.3 is 0 Å². The van der Waals surface area contributed by atoms with E-state index in [9.17, 15) is 4.39 Å². The van der Waals surface area contributed by atoms with Gasteiger partial charge in [0.05, 0.1) is 5.69 Å². The molecule has 3 rings (SSSR count). The largest absolute Gasteiger partial charge is 0.369 e. The number of nitrogen functional groups attached to an aromatic ring is 1. The molecular formula is C11H7ClFN5. The zero-order valence-corrected chi connectivity index (χ0v) is 9.76. The minimum atomic E-state index is -0.373. The summed E-state index contributed by atoms with van der Waals surface area (Å²) >= 11 is 6.00. The molecule has 0 fully saturated rings. The van der Waals surface area contributed by atoms with Crippen LogP contribution in [0.1, 0.15) is 0 Å². The molecule has 3 aromatic rings. The van der Waals surface area contributed by atoms with E-state index in [4.69, 9.17) is 17.3 Å². The predicted octanol–water partition coefficient (Wildman–Crippen LogP) is 2.19. The van der Waals surface area contributed by atoms with E-state index in [1.807, 2.05) is 0 Å². The molecule has 90 valence electrons. The zero-order chi connectivity index (χ0) is 12.7. The van der Waals surface area contributed by atoms with Crippen molar-refractivity contribution in [1.29, 1.82) is 0 Å². The molecule has 1 aromatic carbocycles. The van der Waals surface area contributed by atoms with Gasteiger partial charge in [0.25, 0.3) is 0 Å². The van der Waals surface area contributed by atoms with Crippen LogP contribution in [0.15, 0.2) is 30.6 Å². The SMILES string of the molecule is Nc1nc2ncnc(Cl)c2n1-c1cccc(F)c1. The van der Waals surface area contributed by atoms with Gasteiger partial charge in [0.15, 0.2) is 10.8 Å². The quantitative estimate of drug-likeness (QED) is 0.683. The Labute approximate surface area is 106 Å². The lowest BCUT2D eigenvalue weighted by atomic mass is 10.3. The van der Waals surface area contributed by atoms with Gasteiger partial charge in [-0.05, 0) is 18.2 Å². The Balaban J connectivity index is 2.38. The monoisotopic (exact) mass is 263 g/mol. The highest BCUT2D eigenvalue weighted by atomic mass is 35.5. The molecule has 2 N–H and O–H groups in total. The summed E-state index contributed by atoms with van der Waals surface area (Å²) in [5.74, 6) is -0.195. The summed E-state index contributed by atoms with van der Waals surface area (Å²) < 4.78 is 14.8. The van der Waals surface area contributed by atoms with Crippen molar-refractivity contribution in [2.24, 2.45) is 0 Å². The van der Waals surface area contributed by atoms with Crippen molar-refractivity contribution < 1.29 is 4.39 Å². The average molecular weight is 264 g/mol. The summed E-state index contributed by atoms with van der Waals surface area (Å²) in [5.41, 5.74) is 7.16. The lowest BCUT2D eigenvalue weighted by molar-refractivity contribution is 0.627. The Kier molecular flexibility index (Phi) is 2.38. The number of fused-ring (bicyclic) bond motifs is 1. The van der Waals surface area contributed by atoms with E-state index in [-0.39, 0.29) is 16.9 Å². The third-order valence-electron chi connectivity index (χ3n) is 2.50. The molecule has 2 aromatic heterocycles. The van der Waals surface area contributed by atoms with Crippen LogP contribution in [0.25, 0.3) is 16.9 Å². The molecule has 0 spiro atoms. The van der Waals surface area contributed by atoms with E-state index in [1.165, 1.54) is 23.0 Å². The predicted molar refractivity (Wildman–Crippen MR) is 66.0 cm³/mol. The number of aromatic nitrogens is 4. The lowest BCUT2D eigenvalue weighted by Gasteiger charge is -2.06. The molecule has 18 heavy (non-hydrogen) atoms. The number of rotatable bonds is 1. The number of anilines is 1. The topological polar surface area (TPSA) is 69.6 Å². The average Bonchev–Trinajstić information content (AvgIpc) is 2.67. The van der Waals surface area contributed by atoms with E-state index >= 15 is 0 Å². The summed E-state index contributed by atoms with van der Waals surface area (Å²) in [6.45, 7) is 0. The van der Waals surface area contributed by atoms with Crippen molar-refractivity contribution in [2.45, 2.75) is 0 Å². The Morgan fingerprint density at radius 3 is 2.89 bits per heavy atom. The number of imidazole rings is 1. The highest BCUT2D eigenvalue weighted by Gasteiger charge is 2.14. The molecule has 5 nitrogen and oxygen atoms in total. The van der Waals surface area contributed by atoms with Crippen LogP contribution in [-0.4, -0.2) is 19.5 Å². The van der Waals surface area contributed by atoms with Crippen molar-refractivity contribution in [2.75, 3.05) is 5.73 Å². The first-order valence-electron chi connectivity index (χ1n) is 5.07. The van der Waals surface area contributed by atoms with E-state index in [0.717, 1.165) is 0 Å². The third-order valence-corrected chi connectivity index (χ3v) is 2.77. The third kappa shape index (κ3) is 1.58. The van der Waals surface area contributed by atoms with Gasteiger partial charge in [-0.15, -0.1) is 0 Å². The van der Waals surface area contributed by atoms with Crippen LogP contribution in [0.5, 0.6) is 0 Å². The van der Waals surface area contributed by atoms with Crippen molar-refractivity contribution in [3.8, 4) is 5.69 Å². The van der Waals surface area contributed by atoms with Gasteiger partial charge < -0.3 is 5.73 Å². The fraction of sp³-hybridized carbons (Fsp3) is 0. The normalized spacial score (nSPS) is 11.0. The first-order chi connectivity index (χ1) is 8.66. The Morgan fingerprint density at radius 1 is 1.28 bits per heavy atom. The molecule has 0 aliphatic rings. The van der Waals surface area contributed by atoms with Gasteiger partial charge in [0.2, 0.25) is 5.95 Å². The van der Waals surface area contributed by atoms with Gasteiger partial charge in [0.1, 0.15) is 17.7 Å². The molecule has 7 heteroatoms. The Hall–Kier alpha value is -2.21. The van der Waals surface area contributed by atoms with Crippen molar-refractivity contribution >= 4 is 28.7 Å². The molecule has 0 radical (unpaired) electrons. The van der Waals surface area contributed by atoms with E-state index in [1.54, 1.807) is 12.1 Å². The molecule has 0 aliphatic heterocycles. The van der Waals surface area contributed by atoms with Crippen molar-refractivity contribution in [1.82, 2.24) is 19.5 Å². The maximum Gasteiger partial charge on any atom is 0.207 e. The van der Waals surface area contributed by atoms with Crippen LogP contribution >= 0.6 is 11.6 Å². The minimum absolute atomic E-state index is 0.179. The first kappa shape index (κ1) is 10.9. The molecule has 0 aliphatic carbocycles. The second kappa shape index (κ2) is 3.92. The summed E-state index contributed by atoms with van der Waals surface area (Å²) in [4.78, 5) is 11.9. The molecule has 0 amide bonds. The molecule has 0 unspecified atom stereocenters. The van der Waals surface area contributed by atoms with Crippen LogP contribution in [-0.2, 0) is 0 Å². The van der Waals surface area contributed by atoms with Crippen LogP contribution in [0.4, 0.5) is 10.3 Å². The fourth-order valence-electron chi connectivity index (χ4n) is 1.77. The van der Waals surface area contributed by atoms with E-state index in [0.29, 0.717) is 16.9 Å². The maximum atomic E-state index is 13.3. The van der Waals surface area contributed by atoms with Gasteiger partial charge in [-0.25, -0.2) is 14.4 Å². The van der Waals surface area contributed by atoms with Crippen LogP contribution in [0.3, 0.4) is 0 Å². The number of benzene rings is 1. The van der Waals surface area contributed by atoms with E-state index in [2.05, 4.69) is 15.0 Å². The van der Waals surface area contributed by atoms with Crippen molar-refractivity contribution in [3.63, 3.8) is 0 Å². The van der Waals surface area contributed by atoms with Gasteiger partial charge in [-0.2, -0.15) is 4.98 Å². The molecule has 0 bridgehead atoms. The van der Waals surface area contributed by atoms with Crippen molar-refractivity contribution in [3.05, 3.63) is 41.6 Å². The molecule has 0 atom stereocenters. The number of nitrogens with zero attached hydrogens (tertiary/aromatic N) is 4. The van der Waals surface area contributed by atoms with Crippen LogP contribution < -0.4 is 5.73 Å². The van der Waals surface area contributed by atoms with Gasteiger partial charge in [-0.3, -0.25) is 4.57 Å². The van der Waals surface area contributed by atoms with Gasteiger partial charge in [-0.1, -0.05) is 17.7 Å². The molecular weight excluding hydrogens is 257 g/mol. The summed E-state index contributed by atoms with van der Waals surface area (Å²) in [6, 6.07) is 5.95. The number of hydrogen-bond donors (Lipinski definition) is 1. The second-order valence-electron chi connectivity index (χ2n) is 3.62. The fourth-order valence-corrected chi connectivity index (χ4v) is 1.99. The number of nitrogens with two attached hydrogens (primary N) is 1. The zero-order valence-electron chi connectivity index (χ0n) is 9.01.